The van der Waals surface area contributed by atoms with Crippen LogP contribution in [-0.4, -0.2) is 6.29 Å². The number of rotatable bonds is 0. The number of ether oxygens (including phenoxy) is 2. The van der Waals surface area contributed by atoms with Crippen molar-refractivity contribution in [3.05, 3.63) is 6.79 Å². The third-order valence-electron chi connectivity index (χ3n) is 0.494. The average Bonchev–Trinajstić information content (AvgIpc) is 1.30. The molecule has 0 amide bonds. The molecule has 1 heterocycles. The van der Waals surface area contributed by atoms with Gasteiger partial charge in [-0.1, -0.05) is 0 Å². The minimum absolute atomic E-state index is 0.00926. The highest BCUT2D eigenvalue weighted by molar-refractivity contribution is 4.44. The van der Waals surface area contributed by atoms with E-state index in [9.17, 15) is 0 Å². The highest BCUT2D eigenvalue weighted by atomic mass is 16.8. The van der Waals surface area contributed by atoms with Crippen molar-refractivity contribution in [2.75, 3.05) is 0 Å². The molecule has 1 radical (unpaired) electrons. The van der Waals surface area contributed by atoms with Gasteiger partial charge in [0.2, 0.25) is 6.79 Å². The lowest BCUT2D eigenvalue weighted by Gasteiger charge is -2.20. The molecule has 0 N–H and O–H groups in total. The summed E-state index contributed by atoms with van der Waals surface area (Å²) in [6, 6.07) is 0. The Bertz CT molecular complexity index is 31.9. The van der Waals surface area contributed by atoms with Crippen molar-refractivity contribution in [3.8, 4) is 0 Å². The maximum Gasteiger partial charge on any atom is 0.214 e. The predicted octanol–water partition coefficient (Wildman–Crippen LogP) is 0.498. The Morgan fingerprint density at radius 1 is 1.60 bits per heavy atom. The van der Waals surface area contributed by atoms with Crippen LogP contribution in [0.25, 0.3) is 0 Å². The lowest BCUT2D eigenvalue weighted by atomic mass is 10.7. The van der Waals surface area contributed by atoms with Crippen LogP contribution in [0.2, 0.25) is 0 Å². The predicted molar refractivity (Wildman–Crippen MR) is 15.9 cm³/mol. The van der Waals surface area contributed by atoms with E-state index in [1.54, 1.807) is 0 Å². The van der Waals surface area contributed by atoms with Crippen molar-refractivity contribution in [1.29, 1.82) is 0 Å². The van der Waals surface area contributed by atoms with E-state index in [4.69, 9.17) is 0 Å². The molecule has 5 heavy (non-hydrogen) atoms. The van der Waals surface area contributed by atoms with Crippen molar-refractivity contribution >= 4 is 0 Å². The molecule has 1 saturated heterocycles. The molecular formula is C3H5O2. The molecule has 0 aliphatic carbocycles. The summed E-state index contributed by atoms with van der Waals surface area (Å²) in [6.07, 6.45) is 0.00926. The Balaban J connectivity index is 2.08. The zero-order chi connectivity index (χ0) is 3.70. The van der Waals surface area contributed by atoms with Gasteiger partial charge in [0.05, 0.1) is 0 Å². The smallest absolute Gasteiger partial charge is 0.214 e. The molecule has 0 unspecified atom stereocenters. The molecule has 0 saturated carbocycles. The Morgan fingerprint density at radius 2 is 2.00 bits per heavy atom. The first-order chi connectivity index (χ1) is 2.39. The SMILES string of the molecule is CC1O[CH]O1. The lowest BCUT2D eigenvalue weighted by Crippen LogP contribution is -2.21. The third kappa shape index (κ3) is 0.412. The van der Waals surface area contributed by atoms with E-state index in [2.05, 4.69) is 9.47 Å². The summed E-state index contributed by atoms with van der Waals surface area (Å²) in [5, 5.41) is 0. The molecule has 1 aliphatic rings. The summed E-state index contributed by atoms with van der Waals surface area (Å²) in [7, 11) is 0. The molecule has 0 atom stereocenters. The van der Waals surface area contributed by atoms with Gasteiger partial charge in [-0.25, -0.2) is 0 Å². The Hall–Kier alpha value is -0.0800. The second-order valence-corrected chi connectivity index (χ2v) is 0.936. The van der Waals surface area contributed by atoms with E-state index in [-0.39, 0.29) is 6.29 Å². The Kier molecular flexibility index (Phi) is 0.596. The molecule has 2 heteroatoms. The van der Waals surface area contributed by atoms with Crippen molar-refractivity contribution in [1.82, 2.24) is 0 Å². The fourth-order valence-electron chi connectivity index (χ4n) is 0.167. The molecule has 29 valence electrons. The minimum Gasteiger partial charge on any atom is -0.319 e. The van der Waals surface area contributed by atoms with Gasteiger partial charge < -0.3 is 9.47 Å². The van der Waals surface area contributed by atoms with Crippen LogP contribution in [0.15, 0.2) is 0 Å². The summed E-state index contributed by atoms with van der Waals surface area (Å²) >= 11 is 0. The van der Waals surface area contributed by atoms with E-state index in [0.29, 0.717) is 0 Å². The highest BCUT2D eigenvalue weighted by Gasteiger charge is 2.10. The molecule has 0 bridgehead atoms. The third-order valence-corrected chi connectivity index (χ3v) is 0.494. The fourth-order valence-corrected chi connectivity index (χ4v) is 0.167. The molecule has 0 spiro atoms. The van der Waals surface area contributed by atoms with Crippen molar-refractivity contribution in [2.45, 2.75) is 13.2 Å². The molecular weight excluding hydrogens is 68.0 g/mol. The Morgan fingerprint density at radius 3 is 2.00 bits per heavy atom. The summed E-state index contributed by atoms with van der Waals surface area (Å²) in [5.74, 6) is 0. The van der Waals surface area contributed by atoms with E-state index < -0.39 is 0 Å². The quantitative estimate of drug-likeness (QED) is 0.415. The zero-order valence-corrected chi connectivity index (χ0v) is 2.97. The van der Waals surface area contributed by atoms with Gasteiger partial charge >= 0.3 is 0 Å². The first-order valence-corrected chi connectivity index (χ1v) is 1.52. The monoisotopic (exact) mass is 73.0 g/mol. The van der Waals surface area contributed by atoms with E-state index >= 15 is 0 Å². The van der Waals surface area contributed by atoms with Gasteiger partial charge in [0.15, 0.2) is 6.29 Å². The first-order valence-electron chi connectivity index (χ1n) is 1.52. The topological polar surface area (TPSA) is 18.5 Å². The van der Waals surface area contributed by atoms with E-state index in [0.717, 1.165) is 0 Å². The second kappa shape index (κ2) is 0.954. The maximum absolute atomic E-state index is 4.58. The standard InChI is InChI=1S/C3H5O2/c1-3-4-2-5-3/h2-3H,1H3. The fraction of sp³-hybridized carbons (Fsp3) is 0.667. The van der Waals surface area contributed by atoms with Crippen LogP contribution < -0.4 is 0 Å². The van der Waals surface area contributed by atoms with Crippen LogP contribution in [0.4, 0.5) is 0 Å². The van der Waals surface area contributed by atoms with Gasteiger partial charge in [-0.2, -0.15) is 0 Å². The van der Waals surface area contributed by atoms with Crippen LogP contribution in [0, 0.1) is 6.79 Å². The van der Waals surface area contributed by atoms with E-state index in [1.807, 2.05) is 6.92 Å². The van der Waals surface area contributed by atoms with E-state index in [1.165, 1.54) is 6.79 Å². The summed E-state index contributed by atoms with van der Waals surface area (Å²) < 4.78 is 9.17. The average molecular weight is 73.1 g/mol. The van der Waals surface area contributed by atoms with Crippen LogP contribution in [0.1, 0.15) is 6.92 Å². The first kappa shape index (κ1) is 3.12. The van der Waals surface area contributed by atoms with Crippen LogP contribution in [-0.2, 0) is 9.47 Å². The molecule has 0 aromatic heterocycles. The molecule has 1 fully saturated rings. The highest BCUT2D eigenvalue weighted by Crippen LogP contribution is 2.07. The lowest BCUT2D eigenvalue weighted by molar-refractivity contribution is -0.250. The number of hydrogen-bond donors (Lipinski definition) is 0. The molecule has 1 rings (SSSR count). The summed E-state index contributed by atoms with van der Waals surface area (Å²) in [5.41, 5.74) is 0. The molecule has 2 nitrogen and oxygen atoms in total. The van der Waals surface area contributed by atoms with Crippen molar-refractivity contribution < 1.29 is 9.47 Å². The molecule has 0 aromatic rings. The van der Waals surface area contributed by atoms with Gasteiger partial charge in [0.1, 0.15) is 0 Å². The minimum atomic E-state index is 0.00926. The van der Waals surface area contributed by atoms with Crippen molar-refractivity contribution in [3.63, 3.8) is 0 Å². The molecule has 1 aliphatic heterocycles. The van der Waals surface area contributed by atoms with Crippen LogP contribution >= 0.6 is 0 Å². The largest absolute Gasteiger partial charge is 0.319 e. The summed E-state index contributed by atoms with van der Waals surface area (Å²) in [6.45, 7) is 3.16. The zero-order valence-electron chi connectivity index (χ0n) is 2.97. The maximum atomic E-state index is 4.58. The number of hydrogen-bond acceptors (Lipinski definition) is 2. The van der Waals surface area contributed by atoms with Gasteiger partial charge in [0.25, 0.3) is 0 Å². The van der Waals surface area contributed by atoms with Gasteiger partial charge in [-0.3, -0.25) is 0 Å². The Labute approximate surface area is 30.7 Å². The van der Waals surface area contributed by atoms with Gasteiger partial charge in [-0.15, -0.1) is 0 Å². The van der Waals surface area contributed by atoms with Crippen molar-refractivity contribution in [2.24, 2.45) is 0 Å². The normalized spacial score (nSPS) is 25.8. The summed E-state index contributed by atoms with van der Waals surface area (Å²) in [4.78, 5) is 0. The van der Waals surface area contributed by atoms with Crippen LogP contribution in [0.5, 0.6) is 0 Å². The second-order valence-electron chi connectivity index (χ2n) is 0.936. The van der Waals surface area contributed by atoms with Crippen LogP contribution in [0.3, 0.4) is 0 Å². The van der Waals surface area contributed by atoms with Gasteiger partial charge in [0, 0.05) is 0 Å². The molecule has 0 aromatic carbocycles. The van der Waals surface area contributed by atoms with Gasteiger partial charge in [-0.05, 0) is 6.92 Å².